The van der Waals surface area contributed by atoms with Gasteiger partial charge in [0.2, 0.25) is 0 Å². The van der Waals surface area contributed by atoms with Crippen molar-refractivity contribution in [2.75, 3.05) is 13.2 Å². The fraction of sp³-hybridized carbons (Fsp3) is 0.786. The number of nitrogens with one attached hydrogen (secondary N) is 2. The van der Waals surface area contributed by atoms with Gasteiger partial charge >= 0.3 is 6.03 Å². The summed E-state index contributed by atoms with van der Waals surface area (Å²) in [6.07, 6.45) is 9.32. The lowest BCUT2D eigenvalue weighted by atomic mass is 10.1. The van der Waals surface area contributed by atoms with Crippen LogP contribution in [0.15, 0.2) is 11.6 Å². The van der Waals surface area contributed by atoms with Crippen LogP contribution in [0.1, 0.15) is 45.4 Å². The zero-order valence-corrected chi connectivity index (χ0v) is 11.2. The van der Waals surface area contributed by atoms with Crippen molar-refractivity contribution in [2.45, 2.75) is 57.6 Å². The lowest BCUT2D eigenvalue weighted by Gasteiger charge is -2.20. The Bertz CT molecular complexity index is 309. The summed E-state index contributed by atoms with van der Waals surface area (Å²) in [4.78, 5) is 11.7. The Kier molecular flexibility index (Phi) is 5.05. The lowest BCUT2D eigenvalue weighted by molar-refractivity contribution is 0.0860. The summed E-state index contributed by atoms with van der Waals surface area (Å²) < 4.78 is 5.55. The molecule has 2 aliphatic rings. The summed E-state index contributed by atoms with van der Waals surface area (Å²) in [7, 11) is 0. The number of hydrogen-bond donors (Lipinski definition) is 2. The minimum atomic E-state index is -0.0726. The highest BCUT2D eigenvalue weighted by Crippen LogP contribution is 2.19. The Morgan fingerprint density at radius 3 is 3.11 bits per heavy atom. The predicted molar refractivity (Wildman–Crippen MR) is 71.5 cm³/mol. The molecule has 4 heteroatoms. The summed E-state index contributed by atoms with van der Waals surface area (Å²) in [6.45, 7) is 3.57. The number of allylic oxidation sites excluding steroid dienone is 1. The first-order valence-electron chi connectivity index (χ1n) is 7.09. The summed E-state index contributed by atoms with van der Waals surface area (Å²) in [5.74, 6) is 0. The van der Waals surface area contributed by atoms with E-state index in [2.05, 4.69) is 16.7 Å². The van der Waals surface area contributed by atoms with Crippen molar-refractivity contribution in [1.29, 1.82) is 0 Å². The zero-order chi connectivity index (χ0) is 12.8. The van der Waals surface area contributed by atoms with Gasteiger partial charge in [-0.1, -0.05) is 11.6 Å². The van der Waals surface area contributed by atoms with Crippen molar-refractivity contribution in [3.05, 3.63) is 11.6 Å². The van der Waals surface area contributed by atoms with Crippen LogP contribution in [0.25, 0.3) is 0 Å². The van der Waals surface area contributed by atoms with E-state index in [0.717, 1.165) is 32.4 Å². The average molecular weight is 252 g/mol. The van der Waals surface area contributed by atoms with E-state index >= 15 is 0 Å². The molecule has 4 nitrogen and oxygen atoms in total. The van der Waals surface area contributed by atoms with Crippen LogP contribution in [0.4, 0.5) is 4.79 Å². The lowest BCUT2D eigenvalue weighted by Crippen LogP contribution is -2.46. The topological polar surface area (TPSA) is 50.4 Å². The van der Waals surface area contributed by atoms with Gasteiger partial charge in [0.05, 0.1) is 12.1 Å². The monoisotopic (exact) mass is 252 g/mol. The second kappa shape index (κ2) is 6.78. The van der Waals surface area contributed by atoms with Crippen molar-refractivity contribution in [3.8, 4) is 0 Å². The van der Waals surface area contributed by atoms with Crippen LogP contribution >= 0.6 is 0 Å². The first-order valence-corrected chi connectivity index (χ1v) is 7.09. The molecule has 0 spiro atoms. The normalized spacial score (nSPS) is 24.7. The molecule has 0 radical (unpaired) electrons. The van der Waals surface area contributed by atoms with Gasteiger partial charge in [0, 0.05) is 13.2 Å². The summed E-state index contributed by atoms with van der Waals surface area (Å²) in [5, 5.41) is 5.87. The van der Waals surface area contributed by atoms with Crippen LogP contribution < -0.4 is 10.6 Å². The summed E-state index contributed by atoms with van der Waals surface area (Å²) >= 11 is 0. The van der Waals surface area contributed by atoms with Gasteiger partial charge < -0.3 is 15.4 Å². The van der Waals surface area contributed by atoms with Gasteiger partial charge in [-0.2, -0.15) is 0 Å². The molecule has 2 rings (SSSR count). The molecule has 0 aromatic heterocycles. The van der Waals surface area contributed by atoms with Gasteiger partial charge in [-0.3, -0.25) is 0 Å². The second-order valence-corrected chi connectivity index (χ2v) is 5.24. The first kappa shape index (κ1) is 13.4. The number of carbonyl (C=O) groups excluding carboxylic acids is 1. The predicted octanol–water partition coefficient (Wildman–Crippen LogP) is 2.35. The van der Waals surface area contributed by atoms with Crippen LogP contribution in [-0.2, 0) is 4.74 Å². The second-order valence-electron chi connectivity index (χ2n) is 5.24. The van der Waals surface area contributed by atoms with Gasteiger partial charge in [-0.25, -0.2) is 4.79 Å². The standard InChI is InChI=1S/C14H24N2O2/c1-11(13-7-4-10-18-13)16-14(17)15-9-8-12-5-2-3-6-12/h5,11,13H,2-4,6-10H2,1H3,(H2,15,16,17)/t11-,13-/m0/s1. The largest absolute Gasteiger partial charge is 0.376 e. The fourth-order valence-electron chi connectivity index (χ4n) is 2.65. The summed E-state index contributed by atoms with van der Waals surface area (Å²) in [6, 6.07) is 0.0230. The third-order valence-corrected chi connectivity index (χ3v) is 3.75. The van der Waals surface area contributed by atoms with Crippen LogP contribution in [0.2, 0.25) is 0 Å². The van der Waals surface area contributed by atoms with Gasteiger partial charge in [0.15, 0.2) is 0 Å². The van der Waals surface area contributed by atoms with E-state index in [1.807, 2.05) is 6.92 Å². The molecule has 0 saturated carbocycles. The molecule has 1 aliphatic heterocycles. The van der Waals surface area contributed by atoms with Crippen LogP contribution in [0.5, 0.6) is 0 Å². The van der Waals surface area contributed by atoms with E-state index in [1.165, 1.54) is 24.8 Å². The molecule has 1 saturated heterocycles. The maximum absolute atomic E-state index is 11.7. The van der Waals surface area contributed by atoms with E-state index in [0.29, 0.717) is 0 Å². The number of ether oxygens (including phenoxy) is 1. The molecule has 102 valence electrons. The number of rotatable bonds is 5. The molecular weight excluding hydrogens is 228 g/mol. The van der Waals surface area contributed by atoms with E-state index in [9.17, 15) is 4.79 Å². The Morgan fingerprint density at radius 2 is 2.44 bits per heavy atom. The van der Waals surface area contributed by atoms with Crippen molar-refractivity contribution >= 4 is 6.03 Å². The number of urea groups is 1. The van der Waals surface area contributed by atoms with Crippen LogP contribution in [-0.4, -0.2) is 31.3 Å². The highest BCUT2D eigenvalue weighted by molar-refractivity contribution is 5.74. The highest BCUT2D eigenvalue weighted by Gasteiger charge is 2.23. The Morgan fingerprint density at radius 1 is 1.56 bits per heavy atom. The smallest absolute Gasteiger partial charge is 0.315 e. The van der Waals surface area contributed by atoms with Crippen LogP contribution in [0.3, 0.4) is 0 Å². The number of carbonyl (C=O) groups is 1. The van der Waals surface area contributed by atoms with Gasteiger partial charge in [-0.15, -0.1) is 0 Å². The molecule has 1 fully saturated rings. The van der Waals surface area contributed by atoms with Crippen molar-refractivity contribution < 1.29 is 9.53 Å². The quantitative estimate of drug-likeness (QED) is 0.738. The SMILES string of the molecule is C[C@H](NC(=O)NCCC1=CCCC1)[C@@H]1CCCO1. The number of amides is 2. The van der Waals surface area contributed by atoms with E-state index in [4.69, 9.17) is 4.74 Å². The van der Waals surface area contributed by atoms with Crippen molar-refractivity contribution in [1.82, 2.24) is 10.6 Å². The van der Waals surface area contributed by atoms with Crippen LogP contribution in [0, 0.1) is 0 Å². The van der Waals surface area contributed by atoms with Crippen molar-refractivity contribution in [3.63, 3.8) is 0 Å². The van der Waals surface area contributed by atoms with Gasteiger partial charge in [0.25, 0.3) is 0 Å². The van der Waals surface area contributed by atoms with Gasteiger partial charge in [-0.05, 0) is 45.4 Å². The molecular formula is C14H24N2O2. The third kappa shape index (κ3) is 4.02. The molecule has 1 heterocycles. The Balaban J connectivity index is 1.59. The number of hydrogen-bond acceptors (Lipinski definition) is 2. The maximum Gasteiger partial charge on any atom is 0.315 e. The maximum atomic E-state index is 11.7. The molecule has 2 N–H and O–H groups in total. The van der Waals surface area contributed by atoms with E-state index in [-0.39, 0.29) is 18.2 Å². The molecule has 0 aromatic rings. The Hall–Kier alpha value is -1.03. The van der Waals surface area contributed by atoms with E-state index < -0.39 is 0 Å². The van der Waals surface area contributed by atoms with Crippen molar-refractivity contribution in [2.24, 2.45) is 0 Å². The molecule has 1 aliphatic carbocycles. The molecule has 0 aromatic carbocycles. The average Bonchev–Trinajstić information content (AvgIpc) is 3.02. The molecule has 18 heavy (non-hydrogen) atoms. The Labute approximate surface area is 109 Å². The molecule has 2 atom stereocenters. The first-order chi connectivity index (χ1) is 8.75. The van der Waals surface area contributed by atoms with E-state index in [1.54, 1.807) is 0 Å². The highest BCUT2D eigenvalue weighted by atomic mass is 16.5. The third-order valence-electron chi connectivity index (χ3n) is 3.75. The zero-order valence-electron chi connectivity index (χ0n) is 11.2. The molecule has 2 amide bonds. The van der Waals surface area contributed by atoms with Gasteiger partial charge in [0.1, 0.15) is 0 Å². The minimum Gasteiger partial charge on any atom is -0.376 e. The summed E-state index contributed by atoms with van der Waals surface area (Å²) in [5.41, 5.74) is 1.49. The molecule has 0 bridgehead atoms. The minimum absolute atomic E-state index is 0.0726. The fourth-order valence-corrected chi connectivity index (χ4v) is 2.65. The molecule has 0 unspecified atom stereocenters.